The maximum atomic E-state index is 12.7. The second-order valence-electron chi connectivity index (χ2n) is 4.91. The monoisotopic (exact) mass is 382 g/mol. The van der Waals surface area contributed by atoms with Gasteiger partial charge in [0.05, 0.1) is 9.89 Å². The summed E-state index contributed by atoms with van der Waals surface area (Å²) in [6.07, 6.45) is 1.45. The number of hydrogen-bond acceptors (Lipinski definition) is 5. The quantitative estimate of drug-likeness (QED) is 0.863. The van der Waals surface area contributed by atoms with Crippen molar-refractivity contribution in [3.63, 3.8) is 0 Å². The lowest BCUT2D eigenvalue weighted by Gasteiger charge is -2.37. The fourth-order valence-electron chi connectivity index (χ4n) is 2.41. The Labute approximate surface area is 132 Å². The van der Waals surface area contributed by atoms with Crippen molar-refractivity contribution in [2.75, 3.05) is 20.2 Å². The fraction of sp³-hybridized carbons (Fsp3) is 0.667. The Hall–Kier alpha value is 0.01000. The molecular weight excluding hydrogens is 364 g/mol. The van der Waals surface area contributed by atoms with Crippen molar-refractivity contribution in [1.29, 1.82) is 0 Å². The van der Waals surface area contributed by atoms with Crippen LogP contribution in [0.1, 0.15) is 18.4 Å². The summed E-state index contributed by atoms with van der Waals surface area (Å²) >= 11 is 4.63. The van der Waals surface area contributed by atoms with Gasteiger partial charge in [-0.15, -0.1) is 11.3 Å². The van der Waals surface area contributed by atoms with Crippen LogP contribution in [-0.4, -0.2) is 45.1 Å². The van der Waals surface area contributed by atoms with E-state index in [1.807, 2.05) is 6.92 Å². The molecule has 2 atom stereocenters. The van der Waals surface area contributed by atoms with Crippen molar-refractivity contribution >= 4 is 37.3 Å². The molecule has 1 saturated heterocycles. The average Bonchev–Trinajstić information content (AvgIpc) is 2.78. The first-order valence-electron chi connectivity index (χ1n) is 6.40. The molecule has 1 aromatic heterocycles. The van der Waals surface area contributed by atoms with E-state index in [1.165, 1.54) is 15.6 Å². The number of nitrogens with zero attached hydrogens (tertiary/aromatic N) is 1. The first-order chi connectivity index (χ1) is 9.40. The number of sulfonamides is 1. The van der Waals surface area contributed by atoms with E-state index in [-0.39, 0.29) is 12.1 Å². The molecule has 0 radical (unpaired) electrons. The highest BCUT2D eigenvalue weighted by molar-refractivity contribution is 9.11. The van der Waals surface area contributed by atoms with Gasteiger partial charge in [0.2, 0.25) is 0 Å². The van der Waals surface area contributed by atoms with Crippen molar-refractivity contribution in [2.45, 2.75) is 36.1 Å². The average molecular weight is 383 g/mol. The third-order valence-corrected chi connectivity index (χ3v) is 8.15. The van der Waals surface area contributed by atoms with Gasteiger partial charge in [-0.3, -0.25) is 0 Å². The Balaban J connectivity index is 2.29. The van der Waals surface area contributed by atoms with E-state index in [4.69, 9.17) is 10.5 Å². The molecular formula is C12H19BrN2O3S2. The third kappa shape index (κ3) is 3.10. The topological polar surface area (TPSA) is 72.6 Å². The summed E-state index contributed by atoms with van der Waals surface area (Å²) in [5.41, 5.74) is 6.69. The lowest BCUT2D eigenvalue weighted by Crippen LogP contribution is -2.50. The van der Waals surface area contributed by atoms with Gasteiger partial charge in [-0.25, -0.2) is 8.42 Å². The highest BCUT2D eigenvalue weighted by atomic mass is 79.9. The molecule has 0 amide bonds. The van der Waals surface area contributed by atoms with Crippen LogP contribution in [0, 0.1) is 6.92 Å². The van der Waals surface area contributed by atoms with Gasteiger partial charge >= 0.3 is 0 Å². The summed E-state index contributed by atoms with van der Waals surface area (Å²) in [6.45, 7) is 2.65. The molecule has 1 aromatic rings. The fourth-order valence-corrected chi connectivity index (χ4v) is 6.43. The SMILES string of the molecule is COC1CCN(S(=O)(=O)c2cc(C)c(Br)s2)C(CN)C1. The molecule has 1 aliphatic rings. The van der Waals surface area contributed by atoms with Gasteiger partial charge in [0.1, 0.15) is 4.21 Å². The summed E-state index contributed by atoms with van der Waals surface area (Å²) in [7, 11) is -1.82. The molecule has 2 N–H and O–H groups in total. The van der Waals surface area contributed by atoms with Crippen molar-refractivity contribution in [3.05, 3.63) is 15.4 Å². The molecule has 2 rings (SSSR count). The van der Waals surface area contributed by atoms with Crippen molar-refractivity contribution in [1.82, 2.24) is 4.31 Å². The van der Waals surface area contributed by atoms with E-state index < -0.39 is 10.0 Å². The van der Waals surface area contributed by atoms with E-state index >= 15 is 0 Å². The summed E-state index contributed by atoms with van der Waals surface area (Å²) in [5, 5.41) is 0. The lowest BCUT2D eigenvalue weighted by molar-refractivity contribution is 0.0402. The van der Waals surface area contributed by atoms with Crippen LogP contribution < -0.4 is 5.73 Å². The highest BCUT2D eigenvalue weighted by Crippen LogP contribution is 2.34. The van der Waals surface area contributed by atoms with Crippen LogP contribution in [-0.2, 0) is 14.8 Å². The van der Waals surface area contributed by atoms with Gasteiger partial charge in [0.15, 0.2) is 0 Å². The van der Waals surface area contributed by atoms with Crippen molar-refractivity contribution in [3.8, 4) is 0 Å². The second-order valence-corrected chi connectivity index (χ2v) is 9.40. The number of ether oxygens (including phenoxy) is 1. The van der Waals surface area contributed by atoms with Gasteiger partial charge < -0.3 is 10.5 Å². The summed E-state index contributed by atoms with van der Waals surface area (Å²) in [6, 6.07) is 1.51. The van der Waals surface area contributed by atoms with Gasteiger partial charge in [0.25, 0.3) is 10.0 Å². The zero-order valence-corrected chi connectivity index (χ0v) is 14.7. The first kappa shape index (κ1) is 16.4. The Kier molecular flexibility index (Phi) is 5.25. The molecule has 8 heteroatoms. The van der Waals surface area contributed by atoms with Crippen LogP contribution >= 0.6 is 27.3 Å². The Morgan fingerprint density at radius 3 is 2.80 bits per heavy atom. The van der Waals surface area contributed by atoms with Crippen LogP contribution in [0.2, 0.25) is 0 Å². The molecule has 1 aliphatic heterocycles. The number of hydrogen-bond donors (Lipinski definition) is 1. The van der Waals surface area contributed by atoms with Gasteiger partial charge in [-0.1, -0.05) is 0 Å². The van der Waals surface area contributed by atoms with Gasteiger partial charge in [-0.05, 0) is 47.3 Å². The molecule has 0 saturated carbocycles. The van der Waals surface area contributed by atoms with Gasteiger partial charge in [-0.2, -0.15) is 4.31 Å². The van der Waals surface area contributed by atoms with Crippen LogP contribution in [0.15, 0.2) is 14.1 Å². The van der Waals surface area contributed by atoms with E-state index in [2.05, 4.69) is 15.9 Å². The third-order valence-electron chi connectivity index (χ3n) is 3.62. The largest absolute Gasteiger partial charge is 0.381 e. The van der Waals surface area contributed by atoms with Crippen LogP contribution in [0.3, 0.4) is 0 Å². The minimum atomic E-state index is -3.47. The van der Waals surface area contributed by atoms with Crippen molar-refractivity contribution in [2.24, 2.45) is 5.73 Å². The van der Waals surface area contributed by atoms with Crippen LogP contribution in [0.4, 0.5) is 0 Å². The molecule has 2 heterocycles. The Morgan fingerprint density at radius 1 is 1.60 bits per heavy atom. The maximum absolute atomic E-state index is 12.7. The zero-order valence-electron chi connectivity index (χ0n) is 11.5. The molecule has 0 bridgehead atoms. The van der Waals surface area contributed by atoms with E-state index in [1.54, 1.807) is 13.2 Å². The summed E-state index contributed by atoms with van der Waals surface area (Å²) in [5.74, 6) is 0. The lowest BCUT2D eigenvalue weighted by atomic mass is 10.0. The number of piperidine rings is 1. The summed E-state index contributed by atoms with van der Waals surface area (Å²) in [4.78, 5) is 0. The molecule has 114 valence electrons. The van der Waals surface area contributed by atoms with Crippen LogP contribution in [0.25, 0.3) is 0 Å². The van der Waals surface area contributed by atoms with E-state index in [9.17, 15) is 8.42 Å². The summed E-state index contributed by atoms with van der Waals surface area (Å²) < 4.78 is 33.6. The smallest absolute Gasteiger partial charge is 0.252 e. The minimum absolute atomic E-state index is 0.0896. The number of rotatable bonds is 4. The molecule has 0 aromatic carbocycles. The van der Waals surface area contributed by atoms with E-state index in [0.717, 1.165) is 9.35 Å². The number of nitrogens with two attached hydrogens (primary N) is 1. The second kappa shape index (κ2) is 6.41. The maximum Gasteiger partial charge on any atom is 0.252 e. The molecule has 1 fully saturated rings. The molecule has 2 unspecified atom stereocenters. The standard InChI is InChI=1S/C12H19BrN2O3S2/c1-8-5-11(19-12(8)13)20(16,17)15-4-3-10(18-2)6-9(15)7-14/h5,9-10H,3-4,6-7,14H2,1-2H3. The predicted molar refractivity (Wildman–Crippen MR) is 83.5 cm³/mol. The number of thiophene rings is 1. The molecule has 0 spiro atoms. The van der Waals surface area contributed by atoms with Crippen molar-refractivity contribution < 1.29 is 13.2 Å². The normalized spacial score (nSPS) is 25.0. The number of methoxy groups -OCH3 is 1. The van der Waals surface area contributed by atoms with Crippen LogP contribution in [0.5, 0.6) is 0 Å². The predicted octanol–water partition coefficient (Wildman–Crippen LogP) is 1.95. The number of halogens is 1. The minimum Gasteiger partial charge on any atom is -0.381 e. The molecule has 20 heavy (non-hydrogen) atoms. The van der Waals surface area contributed by atoms with Gasteiger partial charge in [0, 0.05) is 26.2 Å². The Morgan fingerprint density at radius 2 is 2.30 bits per heavy atom. The molecule has 0 aliphatic carbocycles. The zero-order chi connectivity index (χ0) is 14.9. The molecule has 5 nitrogen and oxygen atoms in total. The Bertz CT molecular complexity index is 554. The van der Waals surface area contributed by atoms with E-state index in [0.29, 0.717) is 30.1 Å². The first-order valence-corrected chi connectivity index (χ1v) is 9.45. The highest BCUT2D eigenvalue weighted by Gasteiger charge is 2.37. The number of aryl methyl sites for hydroxylation is 1.